The van der Waals surface area contributed by atoms with Crippen molar-refractivity contribution in [2.45, 2.75) is 5.16 Å². The third-order valence-corrected chi connectivity index (χ3v) is 4.01. The molecule has 1 heterocycles. The van der Waals surface area contributed by atoms with Gasteiger partial charge in [0.2, 0.25) is 0 Å². The molecule has 0 bridgehead atoms. The van der Waals surface area contributed by atoms with E-state index in [-0.39, 0.29) is 11.3 Å². The SMILES string of the molecule is CSc1nc(-c2ccc(Cl)cc2Cl)c(C#N)c(=O)n1C. The van der Waals surface area contributed by atoms with Crippen LogP contribution in [0, 0.1) is 11.3 Å². The number of hydrogen-bond acceptors (Lipinski definition) is 4. The van der Waals surface area contributed by atoms with Crippen molar-refractivity contribution in [1.82, 2.24) is 9.55 Å². The maximum absolute atomic E-state index is 12.2. The van der Waals surface area contributed by atoms with Crippen LogP contribution in [0.1, 0.15) is 5.56 Å². The molecule has 2 rings (SSSR count). The van der Waals surface area contributed by atoms with E-state index in [1.807, 2.05) is 6.07 Å². The van der Waals surface area contributed by atoms with Crippen molar-refractivity contribution >= 4 is 35.0 Å². The first-order valence-electron chi connectivity index (χ1n) is 5.50. The highest BCUT2D eigenvalue weighted by Gasteiger charge is 2.17. The predicted molar refractivity (Wildman–Crippen MR) is 81.4 cm³/mol. The first-order valence-corrected chi connectivity index (χ1v) is 7.48. The summed E-state index contributed by atoms with van der Waals surface area (Å²) < 4.78 is 1.34. The summed E-state index contributed by atoms with van der Waals surface area (Å²) in [5.74, 6) is 0. The third kappa shape index (κ3) is 2.55. The minimum atomic E-state index is -0.395. The Hall–Kier alpha value is -1.48. The van der Waals surface area contributed by atoms with E-state index in [0.717, 1.165) is 0 Å². The van der Waals surface area contributed by atoms with Crippen LogP contribution in [0.5, 0.6) is 0 Å². The Morgan fingerprint density at radius 3 is 2.65 bits per heavy atom. The molecular formula is C13H9Cl2N3OS. The Labute approximate surface area is 130 Å². The highest BCUT2D eigenvalue weighted by molar-refractivity contribution is 7.98. The van der Waals surface area contributed by atoms with Crippen LogP contribution >= 0.6 is 35.0 Å². The minimum absolute atomic E-state index is 0.0328. The number of rotatable bonds is 2. The normalized spacial score (nSPS) is 10.3. The van der Waals surface area contributed by atoms with E-state index in [1.54, 1.807) is 31.5 Å². The molecule has 0 radical (unpaired) electrons. The largest absolute Gasteiger partial charge is 0.290 e. The van der Waals surface area contributed by atoms with Crippen LogP contribution in [0.25, 0.3) is 11.3 Å². The van der Waals surface area contributed by atoms with E-state index in [9.17, 15) is 10.1 Å². The van der Waals surface area contributed by atoms with Crippen molar-refractivity contribution in [3.05, 3.63) is 44.2 Å². The van der Waals surface area contributed by atoms with E-state index in [2.05, 4.69) is 4.98 Å². The molecule has 7 heteroatoms. The molecule has 0 amide bonds. The van der Waals surface area contributed by atoms with Crippen molar-refractivity contribution < 1.29 is 0 Å². The Balaban J connectivity index is 2.83. The first-order chi connectivity index (χ1) is 9.49. The van der Waals surface area contributed by atoms with Gasteiger partial charge in [-0.1, -0.05) is 35.0 Å². The van der Waals surface area contributed by atoms with Crippen molar-refractivity contribution in [3.8, 4) is 17.3 Å². The van der Waals surface area contributed by atoms with E-state index >= 15 is 0 Å². The van der Waals surface area contributed by atoms with Gasteiger partial charge < -0.3 is 0 Å². The van der Waals surface area contributed by atoms with E-state index in [1.165, 1.54) is 16.3 Å². The topological polar surface area (TPSA) is 58.7 Å². The standard InChI is InChI=1S/C13H9Cl2N3OS/c1-18-12(19)9(6-16)11(17-13(18)20-2)8-4-3-7(14)5-10(8)15/h3-5H,1-2H3. The van der Waals surface area contributed by atoms with Crippen LogP contribution in [-0.2, 0) is 7.05 Å². The van der Waals surface area contributed by atoms with Gasteiger partial charge in [-0.2, -0.15) is 5.26 Å². The second kappa shape index (κ2) is 5.88. The van der Waals surface area contributed by atoms with Crippen molar-refractivity contribution in [1.29, 1.82) is 5.26 Å². The lowest BCUT2D eigenvalue weighted by Gasteiger charge is -2.10. The van der Waals surface area contributed by atoms with Crippen LogP contribution in [-0.4, -0.2) is 15.8 Å². The Kier molecular flexibility index (Phi) is 4.39. The number of hydrogen-bond donors (Lipinski definition) is 0. The van der Waals surface area contributed by atoms with Crippen LogP contribution in [0.3, 0.4) is 0 Å². The summed E-state index contributed by atoms with van der Waals surface area (Å²) in [4.78, 5) is 16.5. The maximum Gasteiger partial charge on any atom is 0.272 e. The zero-order valence-corrected chi connectivity index (χ0v) is 13.0. The van der Waals surface area contributed by atoms with Gasteiger partial charge >= 0.3 is 0 Å². The van der Waals surface area contributed by atoms with Gasteiger partial charge in [0.15, 0.2) is 5.16 Å². The van der Waals surface area contributed by atoms with Gasteiger partial charge in [-0.25, -0.2) is 4.98 Å². The first kappa shape index (κ1) is 14.9. The molecule has 0 aliphatic carbocycles. The molecular weight excluding hydrogens is 317 g/mol. The summed E-state index contributed by atoms with van der Waals surface area (Å²) in [5.41, 5.74) is 0.365. The van der Waals surface area contributed by atoms with E-state index in [0.29, 0.717) is 20.8 Å². The predicted octanol–water partition coefficient (Wildman–Crippen LogP) is 3.35. The lowest BCUT2D eigenvalue weighted by molar-refractivity contribution is 0.709. The molecule has 0 saturated heterocycles. The molecule has 0 N–H and O–H groups in total. The average molecular weight is 326 g/mol. The van der Waals surface area contributed by atoms with E-state index < -0.39 is 5.56 Å². The summed E-state index contributed by atoms with van der Waals surface area (Å²) in [6.07, 6.45) is 1.81. The lowest BCUT2D eigenvalue weighted by atomic mass is 10.1. The molecule has 0 atom stereocenters. The molecule has 1 aromatic carbocycles. The van der Waals surface area contributed by atoms with Crippen LogP contribution in [0.15, 0.2) is 28.2 Å². The van der Waals surface area contributed by atoms with Crippen LogP contribution in [0.4, 0.5) is 0 Å². The molecule has 2 aromatic rings. The molecule has 0 unspecified atom stereocenters. The highest BCUT2D eigenvalue weighted by Crippen LogP contribution is 2.31. The summed E-state index contributed by atoms with van der Waals surface area (Å²) in [7, 11) is 1.58. The Bertz CT molecular complexity index is 780. The van der Waals surface area contributed by atoms with E-state index in [4.69, 9.17) is 23.2 Å². The number of halogens is 2. The zero-order chi connectivity index (χ0) is 14.9. The number of aromatic nitrogens is 2. The fourth-order valence-electron chi connectivity index (χ4n) is 1.74. The lowest BCUT2D eigenvalue weighted by Crippen LogP contribution is -2.23. The fraction of sp³-hybridized carbons (Fsp3) is 0.154. The number of nitriles is 1. The molecule has 0 fully saturated rings. The minimum Gasteiger partial charge on any atom is -0.290 e. The number of benzene rings is 1. The monoisotopic (exact) mass is 325 g/mol. The van der Waals surface area contributed by atoms with Gasteiger partial charge in [0.05, 0.1) is 10.7 Å². The van der Waals surface area contributed by atoms with Gasteiger partial charge in [0.25, 0.3) is 5.56 Å². The summed E-state index contributed by atoms with van der Waals surface area (Å²) in [6.45, 7) is 0. The van der Waals surface area contributed by atoms with Crippen molar-refractivity contribution in [3.63, 3.8) is 0 Å². The Morgan fingerprint density at radius 2 is 2.10 bits per heavy atom. The van der Waals surface area contributed by atoms with Gasteiger partial charge in [-0.05, 0) is 24.5 Å². The van der Waals surface area contributed by atoms with Gasteiger partial charge in [0.1, 0.15) is 11.6 Å². The second-order valence-electron chi connectivity index (χ2n) is 3.92. The Morgan fingerprint density at radius 1 is 1.40 bits per heavy atom. The summed E-state index contributed by atoms with van der Waals surface area (Å²) in [6, 6.07) is 6.74. The van der Waals surface area contributed by atoms with Crippen molar-refractivity contribution in [2.24, 2.45) is 7.05 Å². The molecule has 0 aliphatic heterocycles. The third-order valence-electron chi connectivity index (χ3n) is 2.73. The van der Waals surface area contributed by atoms with Crippen LogP contribution < -0.4 is 5.56 Å². The molecule has 0 aliphatic rings. The molecule has 1 aromatic heterocycles. The highest BCUT2D eigenvalue weighted by atomic mass is 35.5. The fourth-order valence-corrected chi connectivity index (χ4v) is 2.78. The second-order valence-corrected chi connectivity index (χ2v) is 5.54. The molecule has 20 heavy (non-hydrogen) atoms. The molecule has 102 valence electrons. The van der Waals surface area contributed by atoms with Crippen molar-refractivity contribution in [2.75, 3.05) is 6.26 Å². The number of thioether (sulfide) groups is 1. The summed E-state index contributed by atoms with van der Waals surface area (Å²) >= 11 is 13.3. The van der Waals surface area contributed by atoms with Crippen LogP contribution in [0.2, 0.25) is 10.0 Å². The van der Waals surface area contributed by atoms with Gasteiger partial charge in [0, 0.05) is 17.6 Å². The molecule has 0 spiro atoms. The quantitative estimate of drug-likeness (QED) is 0.627. The zero-order valence-electron chi connectivity index (χ0n) is 10.6. The average Bonchev–Trinajstić information content (AvgIpc) is 2.42. The smallest absolute Gasteiger partial charge is 0.272 e. The molecule has 4 nitrogen and oxygen atoms in total. The number of nitrogens with zero attached hydrogens (tertiary/aromatic N) is 3. The van der Waals surface area contributed by atoms with Gasteiger partial charge in [-0.3, -0.25) is 9.36 Å². The summed E-state index contributed by atoms with van der Waals surface area (Å²) in [5, 5.41) is 10.6. The maximum atomic E-state index is 12.2. The molecule has 0 saturated carbocycles. The van der Waals surface area contributed by atoms with Gasteiger partial charge in [-0.15, -0.1) is 0 Å².